The first-order chi connectivity index (χ1) is 7.38. The van der Waals surface area contributed by atoms with Gasteiger partial charge in [-0.1, -0.05) is 12.2 Å². The van der Waals surface area contributed by atoms with Gasteiger partial charge in [0.15, 0.2) is 0 Å². The number of anilines is 1. The number of rotatable bonds is 3. The molecule has 1 aromatic rings. The lowest BCUT2D eigenvalue weighted by atomic mass is 10.0. The fraction of sp³-hybridized carbons (Fsp3) is 0.417. The van der Waals surface area contributed by atoms with Gasteiger partial charge in [0.05, 0.1) is 13.3 Å². The average Bonchev–Trinajstić information content (AvgIpc) is 2.31. The lowest BCUT2D eigenvalue weighted by Gasteiger charge is -2.19. The van der Waals surface area contributed by atoms with Crippen molar-refractivity contribution in [2.45, 2.75) is 25.3 Å². The Bertz CT molecular complexity index is 332. The maximum absolute atomic E-state index is 5.06. The molecule has 1 heterocycles. The number of aromatic nitrogens is 1. The van der Waals surface area contributed by atoms with E-state index in [4.69, 9.17) is 4.74 Å². The van der Waals surface area contributed by atoms with Gasteiger partial charge in [0.1, 0.15) is 11.6 Å². The number of methoxy groups -OCH3 is 1. The van der Waals surface area contributed by atoms with Crippen LogP contribution in [-0.4, -0.2) is 18.1 Å². The van der Waals surface area contributed by atoms with Crippen LogP contribution in [0.2, 0.25) is 0 Å². The second-order valence-electron chi connectivity index (χ2n) is 3.71. The second kappa shape index (κ2) is 4.82. The van der Waals surface area contributed by atoms with Gasteiger partial charge in [0, 0.05) is 6.04 Å². The number of hydrogen-bond donors (Lipinski definition) is 1. The minimum Gasteiger partial charge on any atom is -0.495 e. The Balaban J connectivity index is 1.95. The zero-order valence-electron chi connectivity index (χ0n) is 8.94. The molecule has 1 atom stereocenters. The van der Waals surface area contributed by atoms with Crippen LogP contribution in [0.4, 0.5) is 5.82 Å². The van der Waals surface area contributed by atoms with Crippen molar-refractivity contribution < 1.29 is 4.74 Å². The summed E-state index contributed by atoms with van der Waals surface area (Å²) in [5, 5.41) is 3.41. The van der Waals surface area contributed by atoms with Crippen molar-refractivity contribution >= 4 is 5.82 Å². The van der Waals surface area contributed by atoms with Gasteiger partial charge in [-0.25, -0.2) is 4.98 Å². The summed E-state index contributed by atoms with van der Waals surface area (Å²) >= 11 is 0. The molecule has 80 valence electrons. The van der Waals surface area contributed by atoms with Gasteiger partial charge in [-0.3, -0.25) is 0 Å². The van der Waals surface area contributed by atoms with Crippen LogP contribution in [0.5, 0.6) is 5.75 Å². The number of allylic oxidation sites excluding steroid dienone is 1. The fourth-order valence-corrected chi connectivity index (χ4v) is 1.72. The van der Waals surface area contributed by atoms with E-state index in [1.54, 1.807) is 13.3 Å². The zero-order valence-corrected chi connectivity index (χ0v) is 8.94. The van der Waals surface area contributed by atoms with Crippen molar-refractivity contribution in [3.05, 3.63) is 30.5 Å². The van der Waals surface area contributed by atoms with Gasteiger partial charge in [0.25, 0.3) is 0 Å². The normalized spacial score (nSPS) is 19.9. The summed E-state index contributed by atoms with van der Waals surface area (Å²) in [4.78, 5) is 4.28. The highest BCUT2D eigenvalue weighted by atomic mass is 16.5. The summed E-state index contributed by atoms with van der Waals surface area (Å²) in [7, 11) is 1.65. The first kappa shape index (κ1) is 10.0. The molecule has 0 bridgehead atoms. The van der Waals surface area contributed by atoms with Crippen LogP contribution >= 0.6 is 0 Å². The van der Waals surface area contributed by atoms with E-state index in [2.05, 4.69) is 22.5 Å². The summed E-state index contributed by atoms with van der Waals surface area (Å²) < 4.78 is 5.06. The molecule has 1 unspecified atom stereocenters. The van der Waals surface area contributed by atoms with Gasteiger partial charge in [-0.2, -0.15) is 0 Å². The van der Waals surface area contributed by atoms with Crippen molar-refractivity contribution in [3.63, 3.8) is 0 Å². The SMILES string of the molecule is COc1ccc(NC2CC=CCC2)nc1. The molecule has 1 aliphatic rings. The molecule has 15 heavy (non-hydrogen) atoms. The molecule has 3 heteroatoms. The molecule has 1 N–H and O–H groups in total. The monoisotopic (exact) mass is 204 g/mol. The standard InChI is InChI=1S/C12H16N2O/c1-15-11-7-8-12(13-9-11)14-10-5-3-2-4-6-10/h2-3,7-10H,4-6H2,1H3,(H,13,14). The van der Waals surface area contributed by atoms with Crippen molar-refractivity contribution in [2.24, 2.45) is 0 Å². The largest absolute Gasteiger partial charge is 0.495 e. The third kappa shape index (κ3) is 2.72. The van der Waals surface area contributed by atoms with E-state index in [1.807, 2.05) is 12.1 Å². The highest BCUT2D eigenvalue weighted by molar-refractivity contribution is 5.38. The molecule has 0 amide bonds. The van der Waals surface area contributed by atoms with E-state index >= 15 is 0 Å². The quantitative estimate of drug-likeness (QED) is 0.768. The molecule has 3 nitrogen and oxygen atoms in total. The van der Waals surface area contributed by atoms with Gasteiger partial charge in [-0.15, -0.1) is 0 Å². The van der Waals surface area contributed by atoms with Gasteiger partial charge in [-0.05, 0) is 31.4 Å². The minimum absolute atomic E-state index is 0.524. The molecule has 0 fully saturated rings. The third-order valence-electron chi connectivity index (χ3n) is 2.59. The highest BCUT2D eigenvalue weighted by Crippen LogP contribution is 2.17. The number of nitrogens with zero attached hydrogens (tertiary/aromatic N) is 1. The molecule has 0 radical (unpaired) electrons. The number of pyridine rings is 1. The average molecular weight is 204 g/mol. The van der Waals surface area contributed by atoms with Crippen molar-refractivity contribution in [2.75, 3.05) is 12.4 Å². The summed E-state index contributed by atoms with van der Waals surface area (Å²) in [6.07, 6.45) is 9.64. The lowest BCUT2D eigenvalue weighted by molar-refractivity contribution is 0.413. The molecule has 0 spiro atoms. The van der Waals surface area contributed by atoms with Crippen LogP contribution in [0, 0.1) is 0 Å². The summed E-state index contributed by atoms with van der Waals surface area (Å²) in [5.74, 6) is 1.72. The molecule has 0 aliphatic heterocycles. The Kier molecular flexibility index (Phi) is 3.22. The Labute approximate surface area is 90.2 Å². The molecular weight excluding hydrogens is 188 g/mol. The Morgan fingerprint density at radius 2 is 2.33 bits per heavy atom. The topological polar surface area (TPSA) is 34.1 Å². The van der Waals surface area contributed by atoms with E-state index in [-0.39, 0.29) is 0 Å². The van der Waals surface area contributed by atoms with Gasteiger partial charge >= 0.3 is 0 Å². The fourth-order valence-electron chi connectivity index (χ4n) is 1.72. The molecule has 1 aliphatic carbocycles. The first-order valence-electron chi connectivity index (χ1n) is 5.30. The molecular formula is C12H16N2O. The molecule has 2 rings (SSSR count). The molecule has 0 saturated carbocycles. The van der Waals surface area contributed by atoms with E-state index in [0.29, 0.717) is 6.04 Å². The Morgan fingerprint density at radius 3 is 2.93 bits per heavy atom. The summed E-state index contributed by atoms with van der Waals surface area (Å²) in [5.41, 5.74) is 0. The highest BCUT2D eigenvalue weighted by Gasteiger charge is 2.09. The van der Waals surface area contributed by atoms with Gasteiger partial charge in [0.2, 0.25) is 0 Å². The van der Waals surface area contributed by atoms with Crippen LogP contribution < -0.4 is 10.1 Å². The van der Waals surface area contributed by atoms with E-state index in [0.717, 1.165) is 24.4 Å². The Hall–Kier alpha value is -1.51. The van der Waals surface area contributed by atoms with Gasteiger partial charge < -0.3 is 10.1 Å². The van der Waals surface area contributed by atoms with E-state index < -0.39 is 0 Å². The summed E-state index contributed by atoms with van der Waals surface area (Å²) in [6.45, 7) is 0. The second-order valence-corrected chi connectivity index (χ2v) is 3.71. The van der Waals surface area contributed by atoms with Crippen LogP contribution in [0.25, 0.3) is 0 Å². The van der Waals surface area contributed by atoms with Crippen LogP contribution in [0.3, 0.4) is 0 Å². The predicted molar refractivity (Wildman–Crippen MR) is 61.2 cm³/mol. The maximum atomic E-state index is 5.06. The maximum Gasteiger partial charge on any atom is 0.137 e. The number of hydrogen-bond acceptors (Lipinski definition) is 3. The smallest absolute Gasteiger partial charge is 0.137 e. The third-order valence-corrected chi connectivity index (χ3v) is 2.59. The minimum atomic E-state index is 0.524. The van der Waals surface area contributed by atoms with E-state index in [9.17, 15) is 0 Å². The first-order valence-corrected chi connectivity index (χ1v) is 5.30. The van der Waals surface area contributed by atoms with Crippen molar-refractivity contribution in [1.82, 2.24) is 4.98 Å². The lowest BCUT2D eigenvalue weighted by Crippen LogP contribution is -2.20. The van der Waals surface area contributed by atoms with Crippen LogP contribution in [0.15, 0.2) is 30.5 Å². The molecule has 0 saturated heterocycles. The number of nitrogens with one attached hydrogen (secondary N) is 1. The van der Waals surface area contributed by atoms with Crippen molar-refractivity contribution in [3.8, 4) is 5.75 Å². The molecule has 1 aromatic heterocycles. The van der Waals surface area contributed by atoms with Crippen LogP contribution in [0.1, 0.15) is 19.3 Å². The van der Waals surface area contributed by atoms with Crippen molar-refractivity contribution in [1.29, 1.82) is 0 Å². The summed E-state index contributed by atoms with van der Waals surface area (Å²) in [6, 6.07) is 4.40. The predicted octanol–water partition coefficient (Wildman–Crippen LogP) is 2.61. The zero-order chi connectivity index (χ0) is 10.5. The number of ether oxygens (including phenoxy) is 1. The Morgan fingerprint density at radius 1 is 1.40 bits per heavy atom. The van der Waals surface area contributed by atoms with Crippen LogP contribution in [-0.2, 0) is 0 Å². The van der Waals surface area contributed by atoms with E-state index in [1.165, 1.54) is 6.42 Å². The molecule has 0 aromatic carbocycles.